The number of aromatic nitrogens is 2. The topological polar surface area (TPSA) is 80.9 Å². The van der Waals surface area contributed by atoms with Gasteiger partial charge in [-0.25, -0.2) is 9.97 Å². The van der Waals surface area contributed by atoms with Gasteiger partial charge < -0.3 is 11.1 Å². The molecule has 21 heavy (non-hydrogen) atoms. The van der Waals surface area contributed by atoms with Crippen LogP contribution < -0.4 is 11.1 Å². The molecule has 0 saturated carbocycles. The van der Waals surface area contributed by atoms with E-state index in [1.54, 1.807) is 12.4 Å². The number of carbonyl (C=O) groups is 1. The van der Waals surface area contributed by atoms with Gasteiger partial charge in [-0.05, 0) is 5.92 Å². The number of carbonyl (C=O) groups excluding carboxylic acids is 1. The van der Waals surface area contributed by atoms with Crippen molar-refractivity contribution < 1.29 is 4.79 Å². The molecule has 3 N–H and O–H groups in total. The number of anilines is 1. The van der Waals surface area contributed by atoms with Gasteiger partial charge in [0.05, 0.1) is 24.1 Å². The molecule has 1 heterocycles. The summed E-state index contributed by atoms with van der Waals surface area (Å²) in [6.07, 6.45) is 3.17. The number of benzene rings is 1. The Morgan fingerprint density at radius 1 is 1.14 bits per heavy atom. The minimum atomic E-state index is -0.538. The van der Waals surface area contributed by atoms with Gasteiger partial charge in [0.15, 0.2) is 5.82 Å². The maximum Gasteiger partial charge on any atom is 0.241 e. The molecule has 0 aliphatic carbocycles. The first-order valence-electron chi connectivity index (χ1n) is 6.52. The van der Waals surface area contributed by atoms with E-state index in [1.807, 2.05) is 44.2 Å². The van der Waals surface area contributed by atoms with Gasteiger partial charge in [-0.1, -0.05) is 44.2 Å². The van der Waals surface area contributed by atoms with Gasteiger partial charge in [0.25, 0.3) is 0 Å². The molecule has 5 nitrogen and oxygen atoms in total. The Balaban J connectivity index is 0.00000220. The van der Waals surface area contributed by atoms with Crippen LogP contribution in [0.25, 0.3) is 11.4 Å². The average molecular weight is 307 g/mol. The van der Waals surface area contributed by atoms with Crippen LogP contribution in [0.15, 0.2) is 42.7 Å². The second kappa shape index (κ2) is 7.71. The third kappa shape index (κ3) is 4.51. The molecule has 0 aliphatic rings. The molecule has 0 unspecified atom stereocenters. The first kappa shape index (κ1) is 17.1. The Bertz CT molecular complexity index is 572. The first-order chi connectivity index (χ1) is 9.58. The van der Waals surface area contributed by atoms with Crippen molar-refractivity contribution in [2.75, 3.05) is 5.32 Å². The van der Waals surface area contributed by atoms with E-state index in [9.17, 15) is 4.79 Å². The van der Waals surface area contributed by atoms with Crippen molar-refractivity contribution in [3.05, 3.63) is 42.7 Å². The molecule has 0 radical (unpaired) electrons. The van der Waals surface area contributed by atoms with Gasteiger partial charge in [-0.15, -0.1) is 12.4 Å². The lowest BCUT2D eigenvalue weighted by Crippen LogP contribution is -2.39. The SMILES string of the molecule is CC(C)[C@@H](N)C(=O)Nc1cnc(-c2ccccc2)nc1.Cl. The molecule has 1 amide bonds. The average Bonchev–Trinajstić information content (AvgIpc) is 2.48. The maximum absolute atomic E-state index is 11.8. The summed E-state index contributed by atoms with van der Waals surface area (Å²) >= 11 is 0. The summed E-state index contributed by atoms with van der Waals surface area (Å²) in [4.78, 5) is 20.3. The van der Waals surface area contributed by atoms with Crippen molar-refractivity contribution in [1.82, 2.24) is 9.97 Å². The predicted octanol–water partition coefficient (Wildman–Crippen LogP) is 2.49. The summed E-state index contributed by atoms with van der Waals surface area (Å²) in [5, 5.41) is 2.71. The number of hydrogen-bond donors (Lipinski definition) is 2. The van der Waals surface area contributed by atoms with E-state index in [-0.39, 0.29) is 24.2 Å². The summed E-state index contributed by atoms with van der Waals surface area (Å²) in [5.41, 5.74) is 7.26. The van der Waals surface area contributed by atoms with E-state index in [0.29, 0.717) is 11.5 Å². The van der Waals surface area contributed by atoms with Crippen LogP contribution >= 0.6 is 12.4 Å². The number of nitrogens with zero attached hydrogens (tertiary/aromatic N) is 2. The van der Waals surface area contributed by atoms with E-state index < -0.39 is 6.04 Å². The second-order valence-electron chi connectivity index (χ2n) is 4.92. The van der Waals surface area contributed by atoms with Crippen LogP contribution in [0, 0.1) is 5.92 Å². The molecule has 6 heteroatoms. The first-order valence-corrected chi connectivity index (χ1v) is 6.52. The van der Waals surface area contributed by atoms with Crippen molar-refractivity contribution in [2.24, 2.45) is 11.7 Å². The Hall–Kier alpha value is -1.98. The minimum absolute atomic E-state index is 0. The zero-order chi connectivity index (χ0) is 14.5. The van der Waals surface area contributed by atoms with Gasteiger partial charge in [0.2, 0.25) is 5.91 Å². The van der Waals surface area contributed by atoms with E-state index in [1.165, 1.54) is 0 Å². The quantitative estimate of drug-likeness (QED) is 0.909. The van der Waals surface area contributed by atoms with Crippen molar-refractivity contribution in [1.29, 1.82) is 0 Å². The van der Waals surface area contributed by atoms with Crippen molar-refractivity contribution >= 4 is 24.0 Å². The van der Waals surface area contributed by atoms with Gasteiger partial charge in [0.1, 0.15) is 0 Å². The maximum atomic E-state index is 11.8. The van der Waals surface area contributed by atoms with Crippen LogP contribution in [0.1, 0.15) is 13.8 Å². The van der Waals surface area contributed by atoms with Crippen LogP contribution in [0.2, 0.25) is 0 Å². The number of rotatable bonds is 4. The molecule has 1 aromatic carbocycles. The molecular weight excluding hydrogens is 288 g/mol. The molecule has 1 atom stereocenters. The molecule has 0 spiro atoms. The smallest absolute Gasteiger partial charge is 0.241 e. The highest BCUT2D eigenvalue weighted by molar-refractivity contribution is 5.94. The van der Waals surface area contributed by atoms with Gasteiger partial charge >= 0.3 is 0 Å². The summed E-state index contributed by atoms with van der Waals surface area (Å²) in [6, 6.07) is 9.12. The van der Waals surface area contributed by atoms with Crippen molar-refractivity contribution in [3.63, 3.8) is 0 Å². The summed E-state index contributed by atoms with van der Waals surface area (Å²) in [5.74, 6) is 0.479. The van der Waals surface area contributed by atoms with Crippen molar-refractivity contribution in [3.8, 4) is 11.4 Å². The zero-order valence-electron chi connectivity index (χ0n) is 12.0. The number of halogens is 1. The zero-order valence-corrected chi connectivity index (χ0v) is 12.8. The highest BCUT2D eigenvalue weighted by Gasteiger charge is 2.17. The minimum Gasteiger partial charge on any atom is -0.322 e. The van der Waals surface area contributed by atoms with Gasteiger partial charge in [0, 0.05) is 5.56 Å². The second-order valence-corrected chi connectivity index (χ2v) is 4.92. The van der Waals surface area contributed by atoms with Gasteiger partial charge in [-0.3, -0.25) is 4.79 Å². The number of hydrogen-bond acceptors (Lipinski definition) is 4. The lowest BCUT2D eigenvalue weighted by molar-refractivity contribution is -0.118. The molecule has 2 aromatic rings. The van der Waals surface area contributed by atoms with E-state index in [0.717, 1.165) is 5.56 Å². The molecule has 112 valence electrons. The van der Waals surface area contributed by atoms with Gasteiger partial charge in [-0.2, -0.15) is 0 Å². The fourth-order valence-electron chi connectivity index (χ4n) is 1.66. The fourth-order valence-corrected chi connectivity index (χ4v) is 1.66. The molecule has 0 fully saturated rings. The van der Waals surface area contributed by atoms with E-state index >= 15 is 0 Å². The summed E-state index contributed by atoms with van der Waals surface area (Å²) in [6.45, 7) is 3.80. The normalized spacial score (nSPS) is 11.6. The predicted molar refractivity (Wildman–Crippen MR) is 86.2 cm³/mol. The summed E-state index contributed by atoms with van der Waals surface area (Å²) < 4.78 is 0. The standard InChI is InChI=1S/C15H18N4O.ClH/c1-10(2)13(16)15(20)19-12-8-17-14(18-9-12)11-6-4-3-5-7-11;/h3-10,13H,16H2,1-2H3,(H,19,20);1H/t13-;/m1./s1. The largest absolute Gasteiger partial charge is 0.322 e. The van der Waals surface area contributed by atoms with Crippen LogP contribution in [0.4, 0.5) is 5.69 Å². The third-order valence-electron chi connectivity index (χ3n) is 2.97. The molecule has 0 bridgehead atoms. The Labute approximate surface area is 130 Å². The van der Waals surface area contributed by atoms with Crippen LogP contribution in [-0.4, -0.2) is 21.9 Å². The highest BCUT2D eigenvalue weighted by atomic mass is 35.5. The Morgan fingerprint density at radius 3 is 2.24 bits per heavy atom. The Morgan fingerprint density at radius 2 is 1.71 bits per heavy atom. The molecular formula is C15H19ClN4O. The highest BCUT2D eigenvalue weighted by Crippen LogP contribution is 2.15. The number of amides is 1. The lowest BCUT2D eigenvalue weighted by atomic mass is 10.1. The molecule has 0 aliphatic heterocycles. The lowest BCUT2D eigenvalue weighted by Gasteiger charge is -2.15. The van der Waals surface area contributed by atoms with E-state index in [2.05, 4.69) is 15.3 Å². The molecule has 0 saturated heterocycles. The Kier molecular flexibility index (Phi) is 6.27. The molecule has 2 rings (SSSR count). The third-order valence-corrected chi connectivity index (χ3v) is 2.97. The van der Waals surface area contributed by atoms with Crippen LogP contribution in [0.5, 0.6) is 0 Å². The monoisotopic (exact) mass is 306 g/mol. The van der Waals surface area contributed by atoms with Crippen LogP contribution in [-0.2, 0) is 4.79 Å². The number of nitrogens with two attached hydrogens (primary N) is 1. The summed E-state index contributed by atoms with van der Waals surface area (Å²) in [7, 11) is 0. The van der Waals surface area contributed by atoms with E-state index in [4.69, 9.17) is 5.73 Å². The van der Waals surface area contributed by atoms with Crippen LogP contribution in [0.3, 0.4) is 0 Å². The van der Waals surface area contributed by atoms with Crippen molar-refractivity contribution in [2.45, 2.75) is 19.9 Å². The number of nitrogens with one attached hydrogen (secondary N) is 1. The fraction of sp³-hybridized carbons (Fsp3) is 0.267. The molecule has 1 aromatic heterocycles.